The summed E-state index contributed by atoms with van der Waals surface area (Å²) >= 11 is 6.69. The van der Waals surface area contributed by atoms with E-state index >= 15 is 0 Å². The Balaban J connectivity index is 1.42. The molecule has 1 aromatic heterocycles. The molecule has 1 spiro atoms. The second-order valence-corrected chi connectivity index (χ2v) is 12.8. The average molecular weight is 600 g/mol. The number of piperidine rings is 1. The number of esters is 2. The number of carbonyl (C=O) groups is 2. The first-order valence-corrected chi connectivity index (χ1v) is 15.4. The first kappa shape index (κ1) is 28.8. The van der Waals surface area contributed by atoms with Gasteiger partial charge in [-0.1, -0.05) is 28.9 Å². The Bertz CT molecular complexity index is 1680. The highest BCUT2D eigenvalue weighted by atomic mass is 35.5. The van der Waals surface area contributed by atoms with Crippen LogP contribution in [-0.2, 0) is 30.7 Å². The van der Waals surface area contributed by atoms with Gasteiger partial charge in [0.15, 0.2) is 26.9 Å². The second-order valence-electron chi connectivity index (χ2n) is 10.3. The van der Waals surface area contributed by atoms with Crippen molar-refractivity contribution in [2.75, 3.05) is 26.0 Å². The molecule has 0 radical (unpaired) electrons. The van der Waals surface area contributed by atoms with E-state index in [2.05, 4.69) is 5.16 Å². The van der Waals surface area contributed by atoms with Crippen LogP contribution in [0.2, 0.25) is 5.02 Å². The van der Waals surface area contributed by atoms with Gasteiger partial charge in [0.25, 0.3) is 0 Å². The highest BCUT2D eigenvalue weighted by molar-refractivity contribution is 7.90. The summed E-state index contributed by atoms with van der Waals surface area (Å²) in [6.45, 7) is 5.19. The van der Waals surface area contributed by atoms with Crippen molar-refractivity contribution in [1.82, 2.24) is 10.1 Å². The number of benzene rings is 2. The Kier molecular flexibility index (Phi) is 7.71. The molecule has 0 bridgehead atoms. The Morgan fingerprint density at radius 2 is 2.00 bits per heavy atom. The minimum atomic E-state index is -3.40. The van der Waals surface area contributed by atoms with Gasteiger partial charge in [-0.2, -0.15) is 0 Å². The van der Waals surface area contributed by atoms with Crippen LogP contribution in [0.15, 0.2) is 57.6 Å². The molecule has 216 valence electrons. The summed E-state index contributed by atoms with van der Waals surface area (Å²) in [5.74, 6) is -0.600. The maximum atomic E-state index is 13.3. The van der Waals surface area contributed by atoms with Crippen LogP contribution < -0.4 is 5.73 Å². The van der Waals surface area contributed by atoms with E-state index in [1.165, 1.54) is 6.07 Å². The van der Waals surface area contributed by atoms with E-state index in [-0.39, 0.29) is 22.8 Å². The lowest BCUT2D eigenvalue weighted by atomic mass is 9.86. The molecule has 1 fully saturated rings. The van der Waals surface area contributed by atoms with Gasteiger partial charge in [-0.15, -0.1) is 0 Å². The van der Waals surface area contributed by atoms with Crippen LogP contribution in [0.4, 0.5) is 0 Å². The number of aryl methyl sites for hydroxylation is 1. The lowest BCUT2D eigenvalue weighted by Crippen LogP contribution is -2.50. The van der Waals surface area contributed by atoms with E-state index in [1.54, 1.807) is 37.3 Å². The van der Waals surface area contributed by atoms with Gasteiger partial charge in [0.1, 0.15) is 0 Å². The van der Waals surface area contributed by atoms with Crippen LogP contribution in [0.1, 0.15) is 47.1 Å². The zero-order valence-corrected chi connectivity index (χ0v) is 24.5. The highest BCUT2D eigenvalue weighted by Gasteiger charge is 2.49. The number of nitrogens with two attached hydrogens (primary N) is 1. The van der Waals surface area contributed by atoms with Crippen LogP contribution in [-0.4, -0.2) is 62.0 Å². The topological polar surface area (TPSA) is 142 Å². The molecule has 2 aliphatic rings. The predicted molar refractivity (Wildman–Crippen MR) is 152 cm³/mol. The van der Waals surface area contributed by atoms with Crippen LogP contribution in [0.5, 0.6) is 0 Å². The second kappa shape index (κ2) is 11.0. The number of hydrogen-bond donors (Lipinski definition) is 1. The third kappa shape index (κ3) is 5.61. The number of sulfone groups is 1. The van der Waals surface area contributed by atoms with Gasteiger partial charge in [-0.05, 0) is 74.2 Å². The third-order valence-corrected chi connectivity index (χ3v) is 8.79. The van der Waals surface area contributed by atoms with Crippen LogP contribution in [0, 0.1) is 6.92 Å². The maximum Gasteiger partial charge on any atom is 0.360 e. The Morgan fingerprint density at radius 3 is 2.73 bits per heavy atom. The summed E-state index contributed by atoms with van der Waals surface area (Å²) in [7, 11) is -3.40. The number of hydrogen-bond acceptors (Lipinski definition) is 10. The van der Waals surface area contributed by atoms with Crippen molar-refractivity contribution in [3.63, 3.8) is 0 Å². The quantitative estimate of drug-likeness (QED) is 0.394. The minimum Gasteiger partial charge on any atom is -0.461 e. The van der Waals surface area contributed by atoms with E-state index in [0.717, 1.165) is 18.2 Å². The predicted octanol–water partition coefficient (Wildman–Crippen LogP) is 4.15. The molecule has 0 saturated carbocycles. The third-order valence-electron chi connectivity index (χ3n) is 7.37. The van der Waals surface area contributed by atoms with Crippen LogP contribution in [0.25, 0.3) is 16.7 Å². The minimum absolute atomic E-state index is 0.0985. The summed E-state index contributed by atoms with van der Waals surface area (Å²) in [4.78, 5) is 27.4. The van der Waals surface area contributed by atoms with E-state index in [4.69, 9.17) is 31.3 Å². The number of likely N-dealkylation sites (tertiary alicyclic amines) is 1. The molecular weight excluding hydrogens is 570 g/mol. The first-order valence-electron chi connectivity index (χ1n) is 13.1. The standard InChI is InChI=1S/C29H30ClN3O7S/c1-4-38-27(34)24-13-19(40-32-24)15-33-10-6-9-29(16-33)26(31)25(28(35)39-29)21-14-23(30)22(11-17(21)2)18-7-5-8-20(12-18)41(3,36)37/h5,7-8,11-14H,4,6,9-10,15-16,31H2,1-3H3. The molecule has 3 aromatic rings. The van der Waals surface area contributed by atoms with Crippen molar-refractivity contribution in [2.45, 2.75) is 43.7 Å². The molecule has 12 heteroatoms. The van der Waals surface area contributed by atoms with Gasteiger partial charge in [0.05, 0.1) is 29.3 Å². The fourth-order valence-electron chi connectivity index (χ4n) is 5.40. The number of carbonyl (C=O) groups excluding carboxylic acids is 2. The van der Waals surface area contributed by atoms with E-state index in [9.17, 15) is 18.0 Å². The smallest absolute Gasteiger partial charge is 0.360 e. The summed E-state index contributed by atoms with van der Waals surface area (Å²) in [6.07, 6.45) is 2.42. The lowest BCUT2D eigenvalue weighted by Gasteiger charge is -2.39. The van der Waals surface area contributed by atoms with E-state index in [0.29, 0.717) is 59.2 Å². The molecule has 0 amide bonds. The Labute approximate surface area is 242 Å². The van der Waals surface area contributed by atoms with Gasteiger partial charge in [0, 0.05) is 29.5 Å². The van der Waals surface area contributed by atoms with Gasteiger partial charge in [0.2, 0.25) is 0 Å². The zero-order valence-electron chi connectivity index (χ0n) is 22.9. The molecule has 3 heterocycles. The molecular formula is C29H30ClN3O7S. The van der Waals surface area contributed by atoms with Crippen molar-refractivity contribution >= 4 is 38.9 Å². The highest BCUT2D eigenvalue weighted by Crippen LogP contribution is 2.43. The summed E-state index contributed by atoms with van der Waals surface area (Å²) in [5, 5.41) is 4.14. The van der Waals surface area contributed by atoms with Gasteiger partial charge >= 0.3 is 11.9 Å². The van der Waals surface area contributed by atoms with Crippen molar-refractivity contribution in [2.24, 2.45) is 5.73 Å². The summed E-state index contributed by atoms with van der Waals surface area (Å²) < 4.78 is 40.4. The first-order chi connectivity index (χ1) is 19.4. The molecule has 1 unspecified atom stereocenters. The molecule has 41 heavy (non-hydrogen) atoms. The normalized spacial score (nSPS) is 19.6. The van der Waals surface area contributed by atoms with E-state index in [1.807, 2.05) is 17.9 Å². The molecule has 2 N–H and O–H groups in total. The average Bonchev–Trinajstić information content (AvgIpc) is 3.47. The molecule has 2 aromatic carbocycles. The van der Waals surface area contributed by atoms with Crippen molar-refractivity contribution in [3.05, 3.63) is 75.8 Å². The van der Waals surface area contributed by atoms with Crippen LogP contribution in [0.3, 0.4) is 0 Å². The Morgan fingerprint density at radius 1 is 1.22 bits per heavy atom. The Hall–Kier alpha value is -3.67. The molecule has 1 atom stereocenters. The largest absolute Gasteiger partial charge is 0.461 e. The number of aromatic nitrogens is 1. The molecule has 10 nitrogen and oxygen atoms in total. The molecule has 2 aliphatic heterocycles. The SMILES string of the molecule is CCOC(=O)c1cc(CN2CCCC3(C2)OC(=O)C(c2cc(Cl)c(-c4cccc(S(C)(=O)=O)c4)cc2C)=C3N)on1. The van der Waals surface area contributed by atoms with Crippen molar-refractivity contribution < 1.29 is 32.0 Å². The summed E-state index contributed by atoms with van der Waals surface area (Å²) in [5.41, 5.74) is 8.94. The maximum absolute atomic E-state index is 13.3. The van der Waals surface area contributed by atoms with E-state index < -0.39 is 27.4 Å². The lowest BCUT2D eigenvalue weighted by molar-refractivity contribution is -0.149. The molecule has 5 rings (SSSR count). The molecule has 1 saturated heterocycles. The van der Waals surface area contributed by atoms with Gasteiger partial charge in [-0.25, -0.2) is 18.0 Å². The van der Waals surface area contributed by atoms with Crippen molar-refractivity contribution in [1.29, 1.82) is 0 Å². The van der Waals surface area contributed by atoms with Crippen molar-refractivity contribution in [3.8, 4) is 11.1 Å². The summed E-state index contributed by atoms with van der Waals surface area (Å²) in [6, 6.07) is 11.6. The number of ether oxygens (including phenoxy) is 2. The number of rotatable bonds is 7. The van der Waals surface area contributed by atoms with Crippen LogP contribution >= 0.6 is 11.6 Å². The van der Waals surface area contributed by atoms with Gasteiger partial charge < -0.3 is 19.7 Å². The molecule has 0 aliphatic carbocycles. The fraction of sp³-hybridized carbons (Fsp3) is 0.345. The number of halogens is 1. The zero-order chi connectivity index (χ0) is 29.5. The monoisotopic (exact) mass is 599 g/mol. The fourth-order valence-corrected chi connectivity index (χ4v) is 6.34. The number of nitrogens with zero attached hydrogens (tertiary/aromatic N) is 2. The van der Waals surface area contributed by atoms with Gasteiger partial charge in [-0.3, -0.25) is 4.90 Å².